The lowest BCUT2D eigenvalue weighted by Gasteiger charge is -2.15. The molecule has 1 aromatic heterocycles. The molecule has 2 rings (SSSR count). The van der Waals surface area contributed by atoms with Crippen molar-refractivity contribution >= 4 is 5.91 Å². The summed E-state index contributed by atoms with van der Waals surface area (Å²) in [6.45, 7) is -0.632. The van der Waals surface area contributed by atoms with Gasteiger partial charge in [-0.05, 0) is 36.8 Å². The maximum Gasteiger partial charge on any atom is 0.387 e. The Balaban J connectivity index is 1.87. The average molecular weight is 354 g/mol. The van der Waals surface area contributed by atoms with Gasteiger partial charge in [-0.15, -0.1) is 0 Å². The number of alkyl halides is 2. The minimum atomic E-state index is -2.94. The zero-order chi connectivity index (χ0) is 18.2. The van der Waals surface area contributed by atoms with Gasteiger partial charge in [0.15, 0.2) is 11.5 Å². The van der Waals surface area contributed by atoms with Crippen molar-refractivity contribution in [1.29, 1.82) is 0 Å². The molecule has 2 N–H and O–H groups in total. The summed E-state index contributed by atoms with van der Waals surface area (Å²) in [7, 11) is 1.37. The number of nitrogens with one attached hydrogen (secondary N) is 2. The molecule has 0 aliphatic carbocycles. The summed E-state index contributed by atoms with van der Waals surface area (Å²) in [6, 6.07) is 7.72. The molecule has 0 aliphatic heterocycles. The molecule has 1 heterocycles. The van der Waals surface area contributed by atoms with E-state index in [1.807, 2.05) is 0 Å². The molecule has 8 heteroatoms. The molecule has 1 aromatic carbocycles. The molecule has 0 radical (unpaired) electrons. The van der Waals surface area contributed by atoms with Crippen LogP contribution in [0, 0.1) is 0 Å². The van der Waals surface area contributed by atoms with Crippen molar-refractivity contribution in [1.82, 2.24) is 10.6 Å². The van der Waals surface area contributed by atoms with E-state index in [9.17, 15) is 13.6 Å². The predicted octanol–water partition coefficient (Wildman–Crippen LogP) is 2.68. The molecular formula is C17H20F2N2O4. The molecule has 2 aromatic rings. The van der Waals surface area contributed by atoms with E-state index in [-0.39, 0.29) is 17.4 Å². The molecule has 1 unspecified atom stereocenters. The van der Waals surface area contributed by atoms with Crippen molar-refractivity contribution in [2.45, 2.75) is 32.7 Å². The number of rotatable bonds is 9. The van der Waals surface area contributed by atoms with Gasteiger partial charge in [0.1, 0.15) is 5.76 Å². The van der Waals surface area contributed by atoms with Gasteiger partial charge in [-0.3, -0.25) is 4.79 Å². The van der Waals surface area contributed by atoms with Gasteiger partial charge in [0.2, 0.25) is 5.91 Å². The van der Waals surface area contributed by atoms with Crippen LogP contribution in [0.15, 0.2) is 41.0 Å². The van der Waals surface area contributed by atoms with Crippen LogP contribution in [0.2, 0.25) is 0 Å². The van der Waals surface area contributed by atoms with Crippen LogP contribution in [0.4, 0.5) is 8.78 Å². The lowest BCUT2D eigenvalue weighted by Crippen LogP contribution is -2.41. The van der Waals surface area contributed by atoms with E-state index in [2.05, 4.69) is 15.4 Å². The summed E-state index contributed by atoms with van der Waals surface area (Å²) in [6.07, 6.45) is 1.53. The quantitative estimate of drug-likeness (QED) is 0.724. The minimum absolute atomic E-state index is 0.0493. The second-order valence-corrected chi connectivity index (χ2v) is 5.26. The normalized spacial score (nSPS) is 12.0. The van der Waals surface area contributed by atoms with Crippen molar-refractivity contribution in [3.63, 3.8) is 0 Å². The number of methoxy groups -OCH3 is 1. The molecule has 136 valence electrons. The number of benzene rings is 1. The summed E-state index contributed by atoms with van der Waals surface area (Å²) < 4.78 is 39.4. The van der Waals surface area contributed by atoms with E-state index >= 15 is 0 Å². The van der Waals surface area contributed by atoms with Crippen molar-refractivity contribution in [3.8, 4) is 11.5 Å². The van der Waals surface area contributed by atoms with E-state index in [0.717, 1.165) is 0 Å². The first kappa shape index (κ1) is 18.7. The van der Waals surface area contributed by atoms with Crippen molar-refractivity contribution in [2.75, 3.05) is 7.11 Å². The maximum atomic E-state index is 12.4. The van der Waals surface area contributed by atoms with Crippen molar-refractivity contribution in [3.05, 3.63) is 47.9 Å². The Morgan fingerprint density at radius 2 is 2.04 bits per heavy atom. The third-order valence-electron chi connectivity index (χ3n) is 3.47. The zero-order valence-electron chi connectivity index (χ0n) is 13.9. The number of amides is 1. The summed E-state index contributed by atoms with van der Waals surface area (Å²) in [4.78, 5) is 12.0. The average Bonchev–Trinajstić information content (AvgIpc) is 3.10. The Morgan fingerprint density at radius 3 is 2.68 bits per heavy atom. The molecule has 25 heavy (non-hydrogen) atoms. The smallest absolute Gasteiger partial charge is 0.387 e. The summed E-state index contributed by atoms with van der Waals surface area (Å²) in [5.74, 6) is 0.624. The van der Waals surface area contributed by atoms with Gasteiger partial charge in [0, 0.05) is 6.54 Å². The van der Waals surface area contributed by atoms with E-state index < -0.39 is 12.7 Å². The second-order valence-electron chi connectivity index (χ2n) is 5.26. The first-order valence-electron chi connectivity index (χ1n) is 7.64. The van der Waals surface area contributed by atoms with Crippen LogP contribution in [0.5, 0.6) is 11.5 Å². The van der Waals surface area contributed by atoms with Gasteiger partial charge < -0.3 is 24.5 Å². The van der Waals surface area contributed by atoms with Crippen LogP contribution in [0.1, 0.15) is 18.2 Å². The maximum absolute atomic E-state index is 12.4. The number of halogens is 2. The van der Waals surface area contributed by atoms with E-state index in [1.165, 1.54) is 25.5 Å². The highest BCUT2D eigenvalue weighted by molar-refractivity contribution is 5.81. The third-order valence-corrected chi connectivity index (χ3v) is 3.47. The molecule has 6 nitrogen and oxygen atoms in total. The molecule has 1 amide bonds. The summed E-state index contributed by atoms with van der Waals surface area (Å²) >= 11 is 0. The molecule has 0 saturated carbocycles. The van der Waals surface area contributed by atoms with Crippen LogP contribution < -0.4 is 20.1 Å². The van der Waals surface area contributed by atoms with Crippen molar-refractivity contribution in [2.24, 2.45) is 0 Å². The fourth-order valence-corrected chi connectivity index (χ4v) is 2.12. The predicted molar refractivity (Wildman–Crippen MR) is 86.5 cm³/mol. The van der Waals surface area contributed by atoms with Gasteiger partial charge in [-0.1, -0.05) is 6.07 Å². The summed E-state index contributed by atoms with van der Waals surface area (Å²) in [5.41, 5.74) is 0.683. The fraction of sp³-hybridized carbons (Fsp3) is 0.353. The standard InChI is InChI=1S/C17H20F2N2O4/c1-11(16(22)21-10-13-4-3-7-24-13)20-9-12-5-6-14(23-2)15(8-12)25-17(18)19/h3-8,11,17,20H,9-10H2,1-2H3,(H,21,22). The van der Waals surface area contributed by atoms with Gasteiger partial charge in [-0.2, -0.15) is 8.78 Å². The van der Waals surface area contributed by atoms with Crippen LogP contribution in [0.25, 0.3) is 0 Å². The number of hydrogen-bond donors (Lipinski definition) is 2. The first-order valence-corrected chi connectivity index (χ1v) is 7.64. The topological polar surface area (TPSA) is 72.7 Å². The lowest BCUT2D eigenvalue weighted by atomic mass is 10.2. The van der Waals surface area contributed by atoms with Gasteiger partial charge in [0.05, 0.1) is 26.0 Å². The Bertz CT molecular complexity index is 677. The molecule has 0 bridgehead atoms. The molecule has 0 aliphatic rings. The van der Waals surface area contributed by atoms with E-state index in [1.54, 1.807) is 25.1 Å². The lowest BCUT2D eigenvalue weighted by molar-refractivity contribution is -0.123. The molecule has 0 fully saturated rings. The Morgan fingerprint density at radius 1 is 1.24 bits per heavy atom. The molecule has 0 saturated heterocycles. The number of carbonyl (C=O) groups is 1. The number of carbonyl (C=O) groups excluding carboxylic acids is 1. The van der Waals surface area contributed by atoms with Crippen molar-refractivity contribution < 1.29 is 27.5 Å². The monoisotopic (exact) mass is 354 g/mol. The van der Waals surface area contributed by atoms with E-state index in [4.69, 9.17) is 9.15 Å². The fourth-order valence-electron chi connectivity index (χ4n) is 2.12. The van der Waals surface area contributed by atoms with Gasteiger partial charge in [-0.25, -0.2) is 0 Å². The highest BCUT2D eigenvalue weighted by Gasteiger charge is 2.14. The Hall–Kier alpha value is -2.61. The second kappa shape index (κ2) is 9.03. The van der Waals surface area contributed by atoms with Gasteiger partial charge >= 0.3 is 6.61 Å². The Kier molecular flexibility index (Phi) is 6.76. The first-order chi connectivity index (χ1) is 12.0. The molecule has 0 spiro atoms. The molecule has 1 atom stereocenters. The van der Waals surface area contributed by atoms with Crippen LogP contribution in [0.3, 0.4) is 0 Å². The Labute approximate surface area is 144 Å². The third kappa shape index (κ3) is 5.75. The van der Waals surface area contributed by atoms with E-state index in [0.29, 0.717) is 24.4 Å². The number of furan rings is 1. The summed E-state index contributed by atoms with van der Waals surface area (Å²) in [5, 5.41) is 5.76. The minimum Gasteiger partial charge on any atom is -0.493 e. The van der Waals surface area contributed by atoms with Crippen LogP contribution in [-0.2, 0) is 17.9 Å². The highest BCUT2D eigenvalue weighted by Crippen LogP contribution is 2.29. The van der Waals surface area contributed by atoms with Gasteiger partial charge in [0.25, 0.3) is 0 Å². The highest BCUT2D eigenvalue weighted by atomic mass is 19.3. The zero-order valence-corrected chi connectivity index (χ0v) is 13.9. The number of hydrogen-bond acceptors (Lipinski definition) is 5. The number of ether oxygens (including phenoxy) is 2. The van der Waals surface area contributed by atoms with Crippen LogP contribution >= 0.6 is 0 Å². The molecular weight excluding hydrogens is 334 g/mol. The SMILES string of the molecule is COc1ccc(CNC(C)C(=O)NCc2ccco2)cc1OC(F)F. The largest absolute Gasteiger partial charge is 0.493 e. The van der Waals surface area contributed by atoms with Crippen LogP contribution in [-0.4, -0.2) is 25.7 Å².